The lowest BCUT2D eigenvalue weighted by Gasteiger charge is -2.33. The third-order valence-corrected chi connectivity index (χ3v) is 14.4. The van der Waals surface area contributed by atoms with Crippen LogP contribution in [0.3, 0.4) is 0 Å². The van der Waals surface area contributed by atoms with Crippen LogP contribution in [0.15, 0.2) is 65.7 Å². The highest BCUT2D eigenvalue weighted by Crippen LogP contribution is 2.42. The molecule has 2 aliphatic rings. The molecule has 0 spiro atoms. The fraction of sp³-hybridized carbons (Fsp3) is 0.519. The number of allylic oxidation sites excluding steroid dienone is 2. The molecule has 2 fully saturated rings. The van der Waals surface area contributed by atoms with Crippen molar-refractivity contribution < 1.29 is 38.0 Å². The van der Waals surface area contributed by atoms with E-state index in [9.17, 15) is 28.5 Å². The molecule has 0 bridgehead atoms. The number of amides is 3. The van der Waals surface area contributed by atoms with Gasteiger partial charge >= 0.3 is 0 Å². The number of ether oxygens (including phenoxy) is 2. The molecule has 4 aromatic rings. The number of carbonyl (C=O) groups excluding carboxylic acids is 4. The van der Waals surface area contributed by atoms with Crippen LogP contribution in [0.1, 0.15) is 104 Å². The SMILES string of the molecule is C/C=C(\C)S(=O)N1CCCC1.CCn1c(-c2cccnc2C(C)OC)c(CC(C)(C)COC=O)c2cc(-c3cc(O)cc(CC(NC(=O)C(C(C)C)N(C)C=O)C(=O)N4CCCCN4)c3)ccc21. The van der Waals surface area contributed by atoms with Gasteiger partial charge in [-0.2, -0.15) is 0 Å². The highest BCUT2D eigenvalue weighted by atomic mass is 32.2. The molecule has 370 valence electrons. The maximum Gasteiger partial charge on any atom is 0.293 e. The van der Waals surface area contributed by atoms with Crippen molar-refractivity contribution in [2.75, 3.05) is 46.9 Å². The zero-order chi connectivity index (χ0) is 49.7. The predicted molar refractivity (Wildman–Crippen MR) is 268 cm³/mol. The van der Waals surface area contributed by atoms with Gasteiger partial charge in [0, 0.05) is 86.3 Å². The van der Waals surface area contributed by atoms with Crippen molar-refractivity contribution in [3.63, 3.8) is 0 Å². The molecular formula is C52H73N7O8S. The molecule has 4 atom stereocenters. The highest BCUT2D eigenvalue weighted by Gasteiger charge is 2.33. The summed E-state index contributed by atoms with van der Waals surface area (Å²) in [7, 11) is 2.37. The van der Waals surface area contributed by atoms with Gasteiger partial charge in [0.15, 0.2) is 0 Å². The minimum atomic E-state index is -0.965. The van der Waals surface area contributed by atoms with E-state index >= 15 is 0 Å². The molecule has 68 heavy (non-hydrogen) atoms. The van der Waals surface area contributed by atoms with E-state index in [1.807, 2.05) is 63.2 Å². The molecule has 3 amide bonds. The van der Waals surface area contributed by atoms with Gasteiger partial charge < -0.3 is 29.4 Å². The maximum atomic E-state index is 14.0. The number of hydrogen-bond acceptors (Lipinski definition) is 10. The number of aromatic nitrogens is 2. The molecular weight excluding hydrogens is 883 g/mol. The van der Waals surface area contributed by atoms with Crippen LogP contribution in [0, 0.1) is 11.3 Å². The number of nitrogens with zero attached hydrogens (tertiary/aromatic N) is 5. The molecule has 3 N–H and O–H groups in total. The van der Waals surface area contributed by atoms with Gasteiger partial charge in [-0.05, 0) is 124 Å². The number of aromatic hydroxyl groups is 1. The van der Waals surface area contributed by atoms with Crippen LogP contribution >= 0.6 is 0 Å². The summed E-state index contributed by atoms with van der Waals surface area (Å²) < 4.78 is 26.9. The normalized spacial score (nSPS) is 16.4. The van der Waals surface area contributed by atoms with E-state index in [1.54, 1.807) is 37.5 Å². The van der Waals surface area contributed by atoms with Crippen molar-refractivity contribution in [1.29, 1.82) is 0 Å². The second-order valence-electron chi connectivity index (χ2n) is 18.9. The molecule has 2 aromatic carbocycles. The molecule has 2 aromatic heterocycles. The lowest BCUT2D eigenvalue weighted by Crippen LogP contribution is -2.58. The fourth-order valence-electron chi connectivity index (χ4n) is 9.16. The summed E-state index contributed by atoms with van der Waals surface area (Å²) in [6.07, 6.45) is 8.89. The van der Waals surface area contributed by atoms with Crippen molar-refractivity contribution >= 4 is 46.6 Å². The van der Waals surface area contributed by atoms with Crippen molar-refractivity contribution in [1.82, 2.24) is 34.5 Å². The zero-order valence-corrected chi connectivity index (χ0v) is 42.5. The Kier molecular flexibility index (Phi) is 19.5. The van der Waals surface area contributed by atoms with Crippen molar-refractivity contribution in [3.8, 4) is 28.1 Å². The topological polar surface area (TPSA) is 176 Å². The average Bonchev–Trinajstić information content (AvgIpc) is 3.99. The lowest BCUT2D eigenvalue weighted by molar-refractivity contribution is -0.142. The van der Waals surface area contributed by atoms with E-state index in [2.05, 4.69) is 54.3 Å². The molecule has 2 saturated heterocycles. The summed E-state index contributed by atoms with van der Waals surface area (Å²) in [5.41, 5.74) is 9.82. The standard InChI is InChI=1S/C44H58N6O7.C8H15NOS/c1-9-49-38-15-14-31(23-35(38)36(24-44(5,6)25-57-27-52)41(49)34-13-12-16-45-39(34)29(4)56-8)32-19-30(20-33(53)22-32)21-37(43(55)50-18-11-10-17-46-50)47-42(54)40(28(2)3)48(7)26-51;1-3-8(2)11(10)9-6-4-5-7-9/h12-16,19-20,22-23,26-29,37,40,46,53H,9-11,17-18,21,24-25H2,1-8H3,(H,47,54);3H,4-7H2,1-2H3/b;8-3+. The summed E-state index contributed by atoms with van der Waals surface area (Å²) in [5.74, 6) is -0.898. The number of phenolic OH excluding ortho intramolecular Hbond substituents is 1. The molecule has 2 aliphatic heterocycles. The van der Waals surface area contributed by atoms with Crippen LogP contribution < -0.4 is 10.7 Å². The number of aryl methyl sites for hydroxylation is 1. The van der Waals surface area contributed by atoms with Crippen molar-refractivity contribution in [3.05, 3.63) is 82.5 Å². The third kappa shape index (κ3) is 13.2. The quantitative estimate of drug-likeness (QED) is 0.0754. The van der Waals surface area contributed by atoms with E-state index in [-0.39, 0.29) is 36.7 Å². The lowest BCUT2D eigenvalue weighted by atomic mass is 9.84. The van der Waals surface area contributed by atoms with Crippen molar-refractivity contribution in [2.24, 2.45) is 11.3 Å². The minimum Gasteiger partial charge on any atom is -0.508 e. The largest absolute Gasteiger partial charge is 0.508 e. The second-order valence-corrected chi connectivity index (χ2v) is 20.5. The Balaban J connectivity index is 0.000000689. The Morgan fingerprint density at radius 1 is 1.03 bits per heavy atom. The minimum absolute atomic E-state index is 0.0182. The van der Waals surface area contributed by atoms with Crippen LogP contribution in [-0.4, -0.2) is 117 Å². The van der Waals surface area contributed by atoms with Gasteiger partial charge in [0.2, 0.25) is 12.3 Å². The van der Waals surface area contributed by atoms with Gasteiger partial charge in [0.05, 0.1) is 24.1 Å². The van der Waals surface area contributed by atoms with Gasteiger partial charge in [0.25, 0.3) is 12.4 Å². The third-order valence-electron chi connectivity index (χ3n) is 12.7. The van der Waals surface area contributed by atoms with Crippen LogP contribution in [0.4, 0.5) is 0 Å². The Bertz CT molecular complexity index is 2420. The second kappa shape index (κ2) is 24.7. The summed E-state index contributed by atoms with van der Waals surface area (Å²) in [6, 6.07) is 13.7. The number of nitrogens with one attached hydrogen (secondary N) is 2. The first-order valence-corrected chi connectivity index (χ1v) is 24.9. The number of rotatable bonds is 20. The first kappa shape index (κ1) is 53.5. The zero-order valence-electron chi connectivity index (χ0n) is 41.7. The molecule has 16 heteroatoms. The van der Waals surface area contributed by atoms with Crippen LogP contribution in [0.5, 0.6) is 5.75 Å². The van der Waals surface area contributed by atoms with E-state index in [1.165, 1.54) is 17.7 Å². The number of carbonyl (C=O) groups is 4. The molecule has 6 rings (SSSR count). The van der Waals surface area contributed by atoms with Gasteiger partial charge in [0.1, 0.15) is 28.8 Å². The summed E-state index contributed by atoms with van der Waals surface area (Å²) in [5, 5.41) is 16.7. The number of fused-ring (bicyclic) bond motifs is 1. The molecule has 15 nitrogen and oxygen atoms in total. The van der Waals surface area contributed by atoms with Gasteiger partial charge in [-0.25, -0.2) is 13.9 Å². The van der Waals surface area contributed by atoms with Gasteiger partial charge in [-0.15, -0.1) is 0 Å². The number of hydrazine groups is 1. The Morgan fingerprint density at radius 2 is 1.75 bits per heavy atom. The first-order valence-electron chi connectivity index (χ1n) is 23.8. The van der Waals surface area contributed by atoms with Gasteiger partial charge in [-0.1, -0.05) is 45.9 Å². The predicted octanol–water partition coefficient (Wildman–Crippen LogP) is 7.48. The smallest absolute Gasteiger partial charge is 0.293 e. The molecule has 0 saturated carbocycles. The van der Waals surface area contributed by atoms with Crippen LogP contribution in [-0.2, 0) is 59.0 Å². The summed E-state index contributed by atoms with van der Waals surface area (Å²) in [6.45, 7) is 20.3. The number of hydrogen-bond donors (Lipinski definition) is 3. The van der Waals surface area contributed by atoms with Crippen LogP contribution in [0.2, 0.25) is 0 Å². The first-order chi connectivity index (χ1) is 32.5. The molecule has 4 heterocycles. The highest BCUT2D eigenvalue weighted by molar-refractivity contribution is 7.86. The summed E-state index contributed by atoms with van der Waals surface area (Å²) >= 11 is 0. The van der Waals surface area contributed by atoms with Crippen LogP contribution in [0.25, 0.3) is 33.3 Å². The molecule has 0 aliphatic carbocycles. The van der Waals surface area contributed by atoms with Gasteiger partial charge in [-0.3, -0.25) is 29.2 Å². The maximum absolute atomic E-state index is 14.0. The average molecular weight is 956 g/mol. The molecule has 0 radical (unpaired) electrons. The number of benzene rings is 2. The fourth-order valence-corrected chi connectivity index (χ4v) is 10.4. The Labute approximate surface area is 405 Å². The number of phenols is 1. The van der Waals surface area contributed by atoms with E-state index in [0.717, 1.165) is 75.4 Å². The van der Waals surface area contributed by atoms with E-state index < -0.39 is 34.4 Å². The van der Waals surface area contributed by atoms with Crippen molar-refractivity contribution in [2.45, 2.75) is 119 Å². The van der Waals surface area contributed by atoms with E-state index in [0.29, 0.717) is 44.5 Å². The van der Waals surface area contributed by atoms with E-state index in [4.69, 9.17) is 14.5 Å². The monoisotopic (exact) mass is 956 g/mol. The Morgan fingerprint density at radius 3 is 2.37 bits per heavy atom. The Hall–Kier alpha value is -5.42. The molecule has 4 unspecified atom stereocenters. The number of pyridine rings is 1. The number of methoxy groups -OCH3 is 1. The summed E-state index contributed by atoms with van der Waals surface area (Å²) in [4.78, 5) is 57.7. The number of likely N-dealkylation sites (N-methyl/N-ethyl adjacent to an activating group) is 1.